The Morgan fingerprint density at radius 2 is 0.651 bits per heavy atom. The molecule has 0 atom stereocenters. The van der Waals surface area contributed by atoms with Gasteiger partial charge in [0.05, 0.1) is 11.2 Å². The second-order valence-electron chi connectivity index (χ2n) is 33.7. The van der Waals surface area contributed by atoms with Crippen LogP contribution in [-0.2, 0) is 51.1 Å². The number of fused-ring (bicyclic) bond motifs is 2. The van der Waals surface area contributed by atoms with Gasteiger partial charge in [-0.3, -0.25) is 0 Å². The van der Waals surface area contributed by atoms with Crippen LogP contribution in [0.1, 0.15) is 133 Å². The third-order valence-corrected chi connectivity index (χ3v) is 26.5. The van der Waals surface area contributed by atoms with Crippen molar-refractivity contribution in [1.82, 2.24) is 15.0 Å². The standard InChI is InChI=1S/C99H91BN3O2.Ir/c1-92(2)85-47-43-69(57-87(85)94(5,6)96(92,9)10)89-49-45-71(60-101-89)77-37-20-22-39-79(77)73-53-74(80-40-23-21-38-78(80)72-46-50-90(102-61-72)70-44-48-86-88(58-70)95(7,8)97(11,12)93(86,3)4)55-75(54-73)81-41-24-25-42-82(81)84-62-103-91(59-83(84)63-29-18-17-19-30-63)68-35-27-33-66(52-68)64-31-26-32-65(51-64)67-34-28-36-76(56-67)100-104-98(13,14)99(15,16)105-100;/h17-34,36-42,45-62H,1-16H3;/q-3;+3. The van der Waals surface area contributed by atoms with Gasteiger partial charge in [-0.15, -0.1) is 105 Å². The Bertz CT molecular complexity index is 5360. The number of pyridine rings is 3. The van der Waals surface area contributed by atoms with Crippen LogP contribution in [0.3, 0.4) is 0 Å². The molecule has 5 nitrogen and oxygen atoms in total. The fraction of sp³-hybridized carbons (Fsp3) is 0.242. The minimum atomic E-state index is -0.451. The van der Waals surface area contributed by atoms with E-state index in [-0.39, 0.29) is 52.6 Å². The van der Waals surface area contributed by atoms with Crippen LogP contribution >= 0.6 is 0 Å². The first-order chi connectivity index (χ1) is 50.0. The third-order valence-electron chi connectivity index (χ3n) is 26.5. The van der Waals surface area contributed by atoms with Crippen molar-refractivity contribution in [3.05, 3.63) is 302 Å². The van der Waals surface area contributed by atoms with Crippen molar-refractivity contribution in [3.63, 3.8) is 0 Å². The molecule has 3 aromatic heterocycles. The minimum Gasteiger partial charge on any atom is -0.399 e. The Morgan fingerprint density at radius 3 is 1.12 bits per heavy atom. The van der Waals surface area contributed by atoms with Crippen molar-refractivity contribution < 1.29 is 29.4 Å². The summed E-state index contributed by atoms with van der Waals surface area (Å²) in [5.74, 6) is 0. The Labute approximate surface area is 642 Å². The fourth-order valence-corrected chi connectivity index (χ4v) is 16.9. The molecule has 2 aliphatic carbocycles. The molecule has 7 heteroatoms. The molecule has 106 heavy (non-hydrogen) atoms. The molecule has 0 bridgehead atoms. The van der Waals surface area contributed by atoms with Crippen LogP contribution < -0.4 is 5.46 Å². The van der Waals surface area contributed by atoms with E-state index in [1.807, 2.05) is 18.5 Å². The third kappa shape index (κ3) is 11.8. The Balaban J connectivity index is 0.00000900. The van der Waals surface area contributed by atoms with Crippen molar-refractivity contribution in [2.45, 2.75) is 144 Å². The van der Waals surface area contributed by atoms with Gasteiger partial charge in [0.2, 0.25) is 0 Å². The topological polar surface area (TPSA) is 57.1 Å². The predicted octanol–water partition coefficient (Wildman–Crippen LogP) is 24.8. The molecule has 16 rings (SSSR count). The number of benzene rings is 10. The van der Waals surface area contributed by atoms with Crippen LogP contribution in [-0.4, -0.2) is 33.3 Å². The van der Waals surface area contributed by atoms with Crippen molar-refractivity contribution >= 4 is 12.6 Å². The molecule has 0 saturated carbocycles. The zero-order valence-corrected chi connectivity index (χ0v) is 66.3. The van der Waals surface area contributed by atoms with Crippen molar-refractivity contribution in [2.24, 2.45) is 10.8 Å². The molecular weight excluding hydrogens is 1470 g/mol. The Kier molecular flexibility index (Phi) is 17.9. The average Bonchev–Trinajstić information content (AvgIpc) is 1.54. The van der Waals surface area contributed by atoms with Gasteiger partial charge in [-0.05, 0) is 196 Å². The van der Waals surface area contributed by atoms with Gasteiger partial charge in [-0.2, -0.15) is 0 Å². The molecule has 1 aliphatic heterocycles. The zero-order chi connectivity index (χ0) is 73.4. The van der Waals surface area contributed by atoms with Gasteiger partial charge in [0.15, 0.2) is 0 Å². The maximum atomic E-state index is 6.48. The molecule has 0 amide bonds. The zero-order valence-electron chi connectivity index (χ0n) is 63.9. The number of hydrogen-bond acceptors (Lipinski definition) is 5. The van der Waals surface area contributed by atoms with Gasteiger partial charge < -0.3 is 24.3 Å². The van der Waals surface area contributed by atoms with Crippen LogP contribution in [0.25, 0.3) is 134 Å². The van der Waals surface area contributed by atoms with E-state index in [0.717, 1.165) is 139 Å². The first-order valence-electron chi connectivity index (χ1n) is 37.2. The van der Waals surface area contributed by atoms with E-state index < -0.39 is 18.3 Å². The number of aromatic nitrogens is 3. The van der Waals surface area contributed by atoms with E-state index in [1.165, 1.54) is 22.3 Å². The first-order valence-corrected chi connectivity index (χ1v) is 37.2. The second-order valence-corrected chi connectivity index (χ2v) is 33.7. The smallest absolute Gasteiger partial charge is 0.399 e. The second kappa shape index (κ2) is 26.4. The summed E-state index contributed by atoms with van der Waals surface area (Å²) in [6.45, 7) is 37.1. The van der Waals surface area contributed by atoms with Crippen molar-refractivity contribution in [2.75, 3.05) is 0 Å². The molecule has 0 spiro atoms. The molecule has 0 unspecified atom stereocenters. The van der Waals surface area contributed by atoms with E-state index in [9.17, 15) is 0 Å². The molecular formula is C99H91BIrN3O2. The molecule has 0 N–H and O–H groups in total. The van der Waals surface area contributed by atoms with Crippen LogP contribution in [0.15, 0.2) is 261 Å². The Hall–Kier alpha value is -9.72. The number of rotatable bonds is 13. The summed E-state index contributed by atoms with van der Waals surface area (Å²) >= 11 is 0. The summed E-state index contributed by atoms with van der Waals surface area (Å²) in [7, 11) is -0.451. The van der Waals surface area contributed by atoms with E-state index in [1.54, 1.807) is 0 Å². The molecule has 13 aromatic rings. The van der Waals surface area contributed by atoms with E-state index in [2.05, 4.69) is 372 Å². The first kappa shape index (κ1) is 71.9. The van der Waals surface area contributed by atoms with Crippen LogP contribution in [0.4, 0.5) is 0 Å². The monoisotopic (exact) mass is 1560 g/mol. The molecule has 10 aromatic carbocycles. The SMILES string of the molecule is CC1(C)OB(c2cccc(-c3cccc(-c4cc[c-]c(-c5cc(-c6ccccc6)c(-c6ccccc6-c6cc(-c7ccccc7-c7ccc(-c8[c-]cc9c(c8)C(C)(C)C(C)(C)C9(C)C)nc7)cc(-c7ccccc7-c7ccc(-c8[c-]cc9c(c8)C(C)(C)C(C)(C)C9(C)C)nc7)c6)cn5)c4)c3)c2)OC1(C)C.[Ir+3]. The van der Waals surface area contributed by atoms with Gasteiger partial charge >= 0.3 is 27.2 Å². The summed E-state index contributed by atoms with van der Waals surface area (Å²) in [5.41, 5.74) is 30.5. The molecule has 4 heterocycles. The molecule has 1 fully saturated rings. The number of hydrogen-bond donors (Lipinski definition) is 0. The quantitative estimate of drug-likeness (QED) is 0.0850. The summed E-state index contributed by atoms with van der Waals surface area (Å²) in [6.07, 6.45) is 6.16. The van der Waals surface area contributed by atoms with E-state index in [4.69, 9.17) is 24.3 Å². The fourth-order valence-electron chi connectivity index (χ4n) is 16.9. The maximum Gasteiger partial charge on any atom is 3.00 e. The Morgan fingerprint density at radius 1 is 0.274 bits per heavy atom. The summed E-state index contributed by atoms with van der Waals surface area (Å²) in [4.78, 5) is 15.9. The largest absolute Gasteiger partial charge is 3.00 e. The number of nitrogens with zero attached hydrogens (tertiary/aromatic N) is 3. The predicted molar refractivity (Wildman–Crippen MR) is 437 cm³/mol. The van der Waals surface area contributed by atoms with Gasteiger partial charge in [0.1, 0.15) is 0 Å². The van der Waals surface area contributed by atoms with Crippen molar-refractivity contribution in [3.8, 4) is 134 Å². The van der Waals surface area contributed by atoms with Gasteiger partial charge in [-0.25, -0.2) is 0 Å². The van der Waals surface area contributed by atoms with Gasteiger partial charge in [0.25, 0.3) is 0 Å². The van der Waals surface area contributed by atoms with Crippen LogP contribution in [0.2, 0.25) is 0 Å². The molecule has 1 saturated heterocycles. The van der Waals surface area contributed by atoms with Gasteiger partial charge in [0, 0.05) is 24.2 Å². The molecule has 3 aliphatic rings. The average molecular weight is 1560 g/mol. The van der Waals surface area contributed by atoms with Gasteiger partial charge in [-0.1, -0.05) is 259 Å². The van der Waals surface area contributed by atoms with E-state index >= 15 is 0 Å². The summed E-state index contributed by atoms with van der Waals surface area (Å²) in [6, 6.07) is 99.0. The normalized spacial score (nSPS) is 17.1. The van der Waals surface area contributed by atoms with E-state index in [0.29, 0.717) is 0 Å². The summed E-state index contributed by atoms with van der Waals surface area (Å²) < 4.78 is 13.0. The summed E-state index contributed by atoms with van der Waals surface area (Å²) in [5, 5.41) is 0. The molecule has 526 valence electrons. The minimum absolute atomic E-state index is 0. The maximum absolute atomic E-state index is 6.48. The molecule has 0 radical (unpaired) electrons. The van der Waals surface area contributed by atoms with Crippen LogP contribution in [0.5, 0.6) is 0 Å². The van der Waals surface area contributed by atoms with Crippen molar-refractivity contribution in [1.29, 1.82) is 0 Å². The van der Waals surface area contributed by atoms with Crippen LogP contribution in [0, 0.1) is 29.0 Å².